The lowest BCUT2D eigenvalue weighted by atomic mass is 10.0. The first kappa shape index (κ1) is 20.1. The second-order valence-corrected chi connectivity index (χ2v) is 7.38. The lowest BCUT2D eigenvalue weighted by Gasteiger charge is -2.13. The first-order chi connectivity index (χ1) is 14.4. The van der Waals surface area contributed by atoms with Crippen LogP contribution in [0.5, 0.6) is 0 Å². The first-order valence-electron chi connectivity index (χ1n) is 9.67. The van der Waals surface area contributed by atoms with Crippen LogP contribution < -0.4 is 5.73 Å². The normalized spacial score (nSPS) is 12.9. The molecule has 2 aromatic heterocycles. The summed E-state index contributed by atoms with van der Waals surface area (Å²) in [4.78, 5) is 4.13. The number of pyridine rings is 1. The molecule has 0 fully saturated rings. The van der Waals surface area contributed by atoms with Crippen LogP contribution in [0.15, 0.2) is 73.3 Å². The Morgan fingerprint density at radius 1 is 0.933 bits per heavy atom. The molecule has 0 aliphatic carbocycles. The maximum atomic E-state index is 12.7. The van der Waals surface area contributed by atoms with E-state index in [2.05, 4.69) is 16.1 Å². The molecule has 4 nitrogen and oxygen atoms in total. The molecular weight excluding hydrogens is 389 g/mol. The molecular formula is C23H21F3N4. The molecule has 2 heterocycles. The maximum absolute atomic E-state index is 12.7. The molecule has 0 aliphatic rings. The van der Waals surface area contributed by atoms with Gasteiger partial charge >= 0.3 is 6.18 Å². The number of nitrogens with zero attached hydrogens (tertiary/aromatic N) is 3. The summed E-state index contributed by atoms with van der Waals surface area (Å²) in [5, 5.41) is 6.62. The van der Waals surface area contributed by atoms with Crippen LogP contribution in [0, 0.1) is 0 Å². The van der Waals surface area contributed by atoms with Gasteiger partial charge in [-0.25, -0.2) is 0 Å². The Morgan fingerprint density at radius 3 is 2.50 bits per heavy atom. The summed E-state index contributed by atoms with van der Waals surface area (Å²) in [7, 11) is 0. The largest absolute Gasteiger partial charge is 0.416 e. The van der Waals surface area contributed by atoms with Gasteiger partial charge in [-0.3, -0.25) is 9.67 Å². The molecule has 0 unspecified atom stereocenters. The Kier molecular flexibility index (Phi) is 5.55. The Bertz CT molecular complexity index is 1130. The standard InChI is InChI=1S/C23H21F3N4/c24-23(25,26)21-5-1-16(2-6-21)11-22(27)8-10-30-15-20(14-29-30)17-3-4-19-13-28-9-7-18(19)12-17/h1-7,9,12-15,22H,8,10-11,27H2/t22-/m1/s1. The molecule has 0 aliphatic heterocycles. The van der Waals surface area contributed by atoms with Crippen LogP contribution in [0.1, 0.15) is 17.5 Å². The number of alkyl halides is 3. The number of fused-ring (bicyclic) bond motifs is 1. The van der Waals surface area contributed by atoms with Crippen molar-refractivity contribution in [2.24, 2.45) is 5.73 Å². The summed E-state index contributed by atoms with van der Waals surface area (Å²) >= 11 is 0. The third-order valence-electron chi connectivity index (χ3n) is 5.12. The summed E-state index contributed by atoms with van der Waals surface area (Å²) < 4.78 is 39.8. The zero-order chi connectivity index (χ0) is 21.1. The zero-order valence-electron chi connectivity index (χ0n) is 16.2. The lowest BCUT2D eigenvalue weighted by Crippen LogP contribution is -2.24. The van der Waals surface area contributed by atoms with Gasteiger partial charge in [-0.15, -0.1) is 0 Å². The van der Waals surface area contributed by atoms with Crippen molar-refractivity contribution < 1.29 is 13.2 Å². The van der Waals surface area contributed by atoms with Gasteiger partial charge in [-0.1, -0.05) is 24.3 Å². The van der Waals surface area contributed by atoms with Crippen LogP contribution in [0.4, 0.5) is 13.2 Å². The molecule has 2 aromatic carbocycles. The van der Waals surface area contributed by atoms with Crippen molar-refractivity contribution in [3.05, 3.63) is 84.4 Å². The van der Waals surface area contributed by atoms with Crippen molar-refractivity contribution in [3.63, 3.8) is 0 Å². The van der Waals surface area contributed by atoms with Gasteiger partial charge in [0.05, 0.1) is 11.8 Å². The summed E-state index contributed by atoms with van der Waals surface area (Å²) in [6, 6.07) is 13.2. The molecule has 1 atom stereocenters. The van der Waals surface area contributed by atoms with E-state index in [9.17, 15) is 13.2 Å². The minimum Gasteiger partial charge on any atom is -0.327 e. The smallest absolute Gasteiger partial charge is 0.327 e. The molecule has 7 heteroatoms. The summed E-state index contributed by atoms with van der Waals surface area (Å²) in [6.45, 7) is 0.638. The highest BCUT2D eigenvalue weighted by Gasteiger charge is 2.29. The predicted octanol–water partition coefficient (Wildman–Crippen LogP) is 5.08. The zero-order valence-corrected chi connectivity index (χ0v) is 16.2. The topological polar surface area (TPSA) is 56.7 Å². The van der Waals surface area contributed by atoms with Gasteiger partial charge in [0, 0.05) is 42.1 Å². The van der Waals surface area contributed by atoms with E-state index in [4.69, 9.17) is 5.73 Å². The number of nitrogens with two attached hydrogens (primary N) is 1. The molecule has 2 N–H and O–H groups in total. The van der Waals surface area contributed by atoms with Gasteiger partial charge in [0.25, 0.3) is 0 Å². The van der Waals surface area contributed by atoms with E-state index in [1.165, 1.54) is 12.1 Å². The van der Waals surface area contributed by atoms with Gasteiger partial charge in [-0.2, -0.15) is 18.3 Å². The second kappa shape index (κ2) is 8.28. The number of benzene rings is 2. The van der Waals surface area contributed by atoms with Crippen molar-refractivity contribution in [3.8, 4) is 11.1 Å². The molecule has 0 amide bonds. The highest BCUT2D eigenvalue weighted by molar-refractivity contribution is 5.86. The summed E-state index contributed by atoms with van der Waals surface area (Å²) in [6.07, 6.45) is 4.28. The molecule has 4 rings (SSSR count). The number of hydrogen-bond acceptors (Lipinski definition) is 3. The van der Waals surface area contributed by atoms with Crippen LogP contribution in [0.25, 0.3) is 21.9 Å². The van der Waals surface area contributed by atoms with E-state index in [-0.39, 0.29) is 6.04 Å². The van der Waals surface area contributed by atoms with E-state index >= 15 is 0 Å². The van der Waals surface area contributed by atoms with Gasteiger partial charge in [0.15, 0.2) is 0 Å². The van der Waals surface area contributed by atoms with Gasteiger partial charge in [0.1, 0.15) is 0 Å². The Hall–Kier alpha value is -3.19. The third kappa shape index (κ3) is 4.68. The lowest BCUT2D eigenvalue weighted by molar-refractivity contribution is -0.137. The minimum absolute atomic E-state index is 0.164. The fraction of sp³-hybridized carbons (Fsp3) is 0.217. The third-order valence-corrected chi connectivity index (χ3v) is 5.12. The molecule has 0 saturated carbocycles. The van der Waals surface area contributed by atoms with Crippen LogP contribution in [-0.4, -0.2) is 20.8 Å². The first-order valence-corrected chi connectivity index (χ1v) is 9.67. The van der Waals surface area contributed by atoms with E-state index < -0.39 is 11.7 Å². The quantitative estimate of drug-likeness (QED) is 0.482. The Balaban J connectivity index is 1.35. The van der Waals surface area contributed by atoms with E-state index in [1.54, 1.807) is 6.20 Å². The molecule has 154 valence electrons. The highest BCUT2D eigenvalue weighted by Crippen LogP contribution is 2.29. The number of halogens is 3. The molecule has 0 saturated heterocycles. The highest BCUT2D eigenvalue weighted by atomic mass is 19.4. The van der Waals surface area contributed by atoms with E-state index in [1.807, 2.05) is 41.5 Å². The van der Waals surface area contributed by atoms with Gasteiger partial charge < -0.3 is 5.73 Å². The molecule has 30 heavy (non-hydrogen) atoms. The van der Waals surface area contributed by atoms with Crippen LogP contribution in [-0.2, 0) is 19.1 Å². The molecule has 4 aromatic rings. The van der Waals surface area contributed by atoms with Gasteiger partial charge in [0.2, 0.25) is 0 Å². The summed E-state index contributed by atoms with van der Waals surface area (Å²) in [5.41, 5.74) is 8.43. The summed E-state index contributed by atoms with van der Waals surface area (Å²) in [5.74, 6) is 0. The van der Waals surface area contributed by atoms with Gasteiger partial charge in [-0.05, 0) is 53.6 Å². The fourth-order valence-electron chi connectivity index (χ4n) is 3.43. The second-order valence-electron chi connectivity index (χ2n) is 7.38. The molecule has 0 radical (unpaired) electrons. The minimum atomic E-state index is -4.32. The van der Waals surface area contributed by atoms with Crippen molar-refractivity contribution in [1.29, 1.82) is 0 Å². The molecule has 0 bridgehead atoms. The van der Waals surface area contributed by atoms with Crippen molar-refractivity contribution in [2.45, 2.75) is 31.6 Å². The van der Waals surface area contributed by atoms with Crippen molar-refractivity contribution in [2.75, 3.05) is 0 Å². The number of rotatable bonds is 6. The fourth-order valence-corrected chi connectivity index (χ4v) is 3.43. The average molecular weight is 410 g/mol. The van der Waals surface area contributed by atoms with Crippen LogP contribution in [0.2, 0.25) is 0 Å². The number of aromatic nitrogens is 3. The van der Waals surface area contributed by atoms with Crippen LogP contribution in [0.3, 0.4) is 0 Å². The SMILES string of the molecule is N[C@H](CCn1cc(-c2ccc3cnccc3c2)cn1)Cc1ccc(C(F)(F)F)cc1. The van der Waals surface area contributed by atoms with Crippen molar-refractivity contribution in [1.82, 2.24) is 14.8 Å². The average Bonchev–Trinajstić information content (AvgIpc) is 3.21. The Labute approximate surface area is 172 Å². The predicted molar refractivity (Wildman–Crippen MR) is 111 cm³/mol. The monoisotopic (exact) mass is 410 g/mol. The van der Waals surface area contributed by atoms with E-state index in [0.29, 0.717) is 19.4 Å². The van der Waals surface area contributed by atoms with Crippen molar-refractivity contribution >= 4 is 10.8 Å². The molecule has 0 spiro atoms. The Morgan fingerprint density at radius 2 is 1.73 bits per heavy atom. The maximum Gasteiger partial charge on any atom is 0.416 e. The number of aryl methyl sites for hydroxylation is 1. The number of hydrogen-bond donors (Lipinski definition) is 1. The van der Waals surface area contributed by atoms with E-state index in [0.717, 1.165) is 39.6 Å². The van der Waals surface area contributed by atoms with Crippen LogP contribution >= 0.6 is 0 Å².